The second kappa shape index (κ2) is 7.24. The van der Waals surface area contributed by atoms with Crippen molar-refractivity contribution in [3.8, 4) is 0 Å². The average Bonchev–Trinajstić information content (AvgIpc) is 2.31. The van der Waals surface area contributed by atoms with Crippen molar-refractivity contribution in [2.45, 2.75) is 38.8 Å². The Morgan fingerprint density at radius 2 is 2.07 bits per heavy atom. The fraction of sp³-hybridized carbons (Fsp3) is 0.429. The summed E-state index contributed by atoms with van der Waals surface area (Å²) in [5.41, 5.74) is 1.33. The minimum Gasteiger partial charge on any atom is -0.306 e. The van der Waals surface area contributed by atoms with Gasteiger partial charge in [0.05, 0.1) is 0 Å². The first-order valence-electron chi connectivity index (χ1n) is 5.76. The Morgan fingerprint density at radius 3 is 2.67 bits per heavy atom. The molecule has 0 heterocycles. The van der Waals surface area contributed by atoms with Crippen molar-refractivity contribution in [1.82, 2.24) is 5.32 Å². The molecule has 1 rings (SSSR count). The van der Waals surface area contributed by atoms with Gasteiger partial charge in [-0.1, -0.05) is 56.2 Å². The monoisotopic (exact) mass is 203 g/mol. The summed E-state index contributed by atoms with van der Waals surface area (Å²) in [4.78, 5) is 0. The molecule has 0 saturated carbocycles. The van der Waals surface area contributed by atoms with Crippen LogP contribution in [-0.4, -0.2) is 6.04 Å². The van der Waals surface area contributed by atoms with Gasteiger partial charge in [0.2, 0.25) is 0 Å². The summed E-state index contributed by atoms with van der Waals surface area (Å²) in [7, 11) is 0. The van der Waals surface area contributed by atoms with Crippen molar-refractivity contribution in [3.63, 3.8) is 0 Å². The zero-order valence-corrected chi connectivity index (χ0v) is 9.58. The van der Waals surface area contributed by atoms with E-state index in [1.807, 2.05) is 12.1 Å². The Hall–Kier alpha value is -1.08. The molecule has 0 aliphatic heterocycles. The lowest BCUT2D eigenvalue weighted by atomic mass is 10.1. The summed E-state index contributed by atoms with van der Waals surface area (Å²) >= 11 is 0. The molecule has 0 aliphatic rings. The fourth-order valence-electron chi connectivity index (χ4n) is 1.57. The third-order valence-corrected chi connectivity index (χ3v) is 2.56. The van der Waals surface area contributed by atoms with Crippen LogP contribution in [0.15, 0.2) is 43.0 Å². The van der Waals surface area contributed by atoms with E-state index in [4.69, 9.17) is 0 Å². The van der Waals surface area contributed by atoms with E-state index in [1.165, 1.54) is 24.8 Å². The maximum Gasteiger partial charge on any atom is 0.0250 e. The van der Waals surface area contributed by atoms with Crippen LogP contribution < -0.4 is 5.32 Å². The molecule has 1 unspecified atom stereocenters. The van der Waals surface area contributed by atoms with Gasteiger partial charge in [0, 0.05) is 12.6 Å². The van der Waals surface area contributed by atoms with Crippen LogP contribution in [0, 0.1) is 0 Å². The van der Waals surface area contributed by atoms with E-state index >= 15 is 0 Å². The summed E-state index contributed by atoms with van der Waals surface area (Å²) in [6.45, 7) is 7.02. The average molecular weight is 203 g/mol. The van der Waals surface area contributed by atoms with E-state index in [9.17, 15) is 0 Å². The summed E-state index contributed by atoms with van der Waals surface area (Å²) in [6.07, 6.45) is 5.71. The van der Waals surface area contributed by atoms with Gasteiger partial charge in [0.25, 0.3) is 0 Å². The van der Waals surface area contributed by atoms with Gasteiger partial charge in [-0.15, -0.1) is 6.58 Å². The molecule has 1 atom stereocenters. The molecule has 0 saturated heterocycles. The second-order valence-corrected chi connectivity index (χ2v) is 3.85. The zero-order valence-electron chi connectivity index (χ0n) is 9.58. The Bertz CT molecular complexity index is 266. The minimum absolute atomic E-state index is 0.449. The summed E-state index contributed by atoms with van der Waals surface area (Å²) in [5, 5.41) is 3.50. The normalized spacial score (nSPS) is 12.3. The van der Waals surface area contributed by atoms with E-state index in [-0.39, 0.29) is 0 Å². The molecule has 0 spiro atoms. The number of rotatable bonds is 7. The van der Waals surface area contributed by atoms with Crippen LogP contribution in [0.1, 0.15) is 31.7 Å². The van der Waals surface area contributed by atoms with Gasteiger partial charge in [0.1, 0.15) is 0 Å². The van der Waals surface area contributed by atoms with Crippen molar-refractivity contribution >= 4 is 0 Å². The molecule has 0 fully saturated rings. The van der Waals surface area contributed by atoms with E-state index in [2.05, 4.69) is 43.1 Å². The highest BCUT2D eigenvalue weighted by atomic mass is 14.9. The molecular weight excluding hydrogens is 182 g/mol. The molecule has 1 heteroatoms. The highest BCUT2D eigenvalue weighted by Crippen LogP contribution is 2.04. The van der Waals surface area contributed by atoms with Gasteiger partial charge in [-0.25, -0.2) is 0 Å². The Labute approximate surface area is 93.2 Å². The number of nitrogens with one attached hydrogen (secondary N) is 1. The summed E-state index contributed by atoms with van der Waals surface area (Å²) < 4.78 is 0. The molecule has 0 aliphatic carbocycles. The van der Waals surface area contributed by atoms with E-state index < -0.39 is 0 Å². The predicted octanol–water partition coefficient (Wildman–Crippen LogP) is 3.52. The minimum atomic E-state index is 0.449. The van der Waals surface area contributed by atoms with Crippen molar-refractivity contribution in [2.75, 3.05) is 0 Å². The molecule has 0 bridgehead atoms. The van der Waals surface area contributed by atoms with Crippen molar-refractivity contribution in [2.24, 2.45) is 0 Å². The molecule has 1 aromatic rings. The van der Waals surface area contributed by atoms with Gasteiger partial charge in [-0.3, -0.25) is 0 Å². The summed E-state index contributed by atoms with van der Waals surface area (Å²) in [6, 6.07) is 10.9. The van der Waals surface area contributed by atoms with Crippen LogP contribution >= 0.6 is 0 Å². The van der Waals surface area contributed by atoms with Gasteiger partial charge in [-0.2, -0.15) is 0 Å². The van der Waals surface area contributed by atoms with Gasteiger partial charge >= 0.3 is 0 Å². The van der Waals surface area contributed by atoms with Crippen LogP contribution in [0.5, 0.6) is 0 Å². The zero-order chi connectivity index (χ0) is 10.9. The first kappa shape index (κ1) is 12.0. The molecule has 0 amide bonds. The largest absolute Gasteiger partial charge is 0.306 e. The first-order chi connectivity index (χ1) is 7.36. The predicted molar refractivity (Wildman–Crippen MR) is 66.8 cm³/mol. The van der Waals surface area contributed by atoms with Gasteiger partial charge in [0.15, 0.2) is 0 Å². The standard InChI is InChI=1S/C14H21N/c1-3-5-11-14(4-2)15-12-13-9-7-6-8-10-13/h4,6-10,14-15H,2-3,5,11-12H2,1H3. The Balaban J connectivity index is 2.31. The van der Waals surface area contributed by atoms with E-state index in [0.29, 0.717) is 6.04 Å². The number of hydrogen-bond donors (Lipinski definition) is 1. The smallest absolute Gasteiger partial charge is 0.0250 e. The fourth-order valence-corrected chi connectivity index (χ4v) is 1.57. The second-order valence-electron chi connectivity index (χ2n) is 3.85. The maximum atomic E-state index is 3.86. The molecule has 0 aromatic heterocycles. The van der Waals surface area contributed by atoms with Crippen LogP contribution in [0.3, 0.4) is 0 Å². The number of unbranched alkanes of at least 4 members (excludes halogenated alkanes) is 1. The molecular formula is C14H21N. The maximum absolute atomic E-state index is 3.86. The lowest BCUT2D eigenvalue weighted by Gasteiger charge is -2.14. The van der Waals surface area contributed by atoms with Gasteiger partial charge in [-0.05, 0) is 12.0 Å². The van der Waals surface area contributed by atoms with Crippen molar-refractivity contribution in [3.05, 3.63) is 48.6 Å². The topological polar surface area (TPSA) is 12.0 Å². The number of benzene rings is 1. The first-order valence-corrected chi connectivity index (χ1v) is 5.76. The molecule has 1 N–H and O–H groups in total. The van der Waals surface area contributed by atoms with Gasteiger partial charge < -0.3 is 5.32 Å². The SMILES string of the molecule is C=CC(CCCC)NCc1ccccc1. The number of hydrogen-bond acceptors (Lipinski definition) is 1. The quantitative estimate of drug-likeness (QED) is 0.669. The lowest BCUT2D eigenvalue weighted by molar-refractivity contribution is 0.533. The molecule has 82 valence electrons. The molecule has 15 heavy (non-hydrogen) atoms. The van der Waals surface area contributed by atoms with E-state index in [1.54, 1.807) is 0 Å². The highest BCUT2D eigenvalue weighted by Gasteiger charge is 2.01. The highest BCUT2D eigenvalue weighted by molar-refractivity contribution is 5.14. The van der Waals surface area contributed by atoms with E-state index in [0.717, 1.165) is 6.54 Å². The molecule has 1 nitrogen and oxygen atoms in total. The molecule has 1 aromatic carbocycles. The lowest BCUT2D eigenvalue weighted by Crippen LogP contribution is -2.26. The van der Waals surface area contributed by atoms with Crippen LogP contribution in [0.4, 0.5) is 0 Å². The molecule has 0 radical (unpaired) electrons. The van der Waals surface area contributed by atoms with Crippen LogP contribution in [0.2, 0.25) is 0 Å². The van der Waals surface area contributed by atoms with Crippen LogP contribution in [0.25, 0.3) is 0 Å². The Morgan fingerprint density at radius 1 is 1.33 bits per heavy atom. The third kappa shape index (κ3) is 4.80. The van der Waals surface area contributed by atoms with Crippen LogP contribution in [-0.2, 0) is 6.54 Å². The Kier molecular flexibility index (Phi) is 5.79. The van der Waals surface area contributed by atoms with Crippen molar-refractivity contribution in [1.29, 1.82) is 0 Å². The van der Waals surface area contributed by atoms with Crippen molar-refractivity contribution < 1.29 is 0 Å². The summed E-state index contributed by atoms with van der Waals surface area (Å²) in [5.74, 6) is 0. The third-order valence-electron chi connectivity index (χ3n) is 2.56.